The minimum absolute atomic E-state index is 0.648. The van der Waals surface area contributed by atoms with Gasteiger partial charge in [0.1, 0.15) is 0 Å². The van der Waals surface area contributed by atoms with E-state index in [2.05, 4.69) is 37.0 Å². The molecule has 0 spiro atoms. The van der Waals surface area contributed by atoms with Gasteiger partial charge in [-0.3, -0.25) is 0 Å². The zero-order valence-electron chi connectivity index (χ0n) is 8.95. The van der Waals surface area contributed by atoms with Crippen LogP contribution in [0.4, 0.5) is 5.13 Å². The predicted octanol–water partition coefficient (Wildman–Crippen LogP) is 2.93. The Morgan fingerprint density at radius 2 is 2.13 bits per heavy atom. The fourth-order valence-electron chi connectivity index (χ4n) is 1.64. The van der Waals surface area contributed by atoms with Gasteiger partial charge in [-0.2, -0.15) is 0 Å². The maximum absolute atomic E-state index is 5.60. The maximum atomic E-state index is 5.60. The molecule has 0 aliphatic rings. The smallest absolute Gasteiger partial charge is 0.180 e. The van der Waals surface area contributed by atoms with Crippen molar-refractivity contribution in [1.82, 2.24) is 4.98 Å². The summed E-state index contributed by atoms with van der Waals surface area (Å²) in [6.45, 7) is 4.26. The first kappa shape index (κ1) is 10.2. The number of thiazole rings is 1. The molecule has 0 fully saturated rings. The zero-order chi connectivity index (χ0) is 10.8. The van der Waals surface area contributed by atoms with E-state index >= 15 is 0 Å². The Bertz CT molecular complexity index is 474. The molecule has 2 nitrogen and oxygen atoms in total. The van der Waals surface area contributed by atoms with E-state index in [9.17, 15) is 0 Å². The molecule has 0 amide bonds. The third kappa shape index (κ3) is 2.36. The van der Waals surface area contributed by atoms with Crippen LogP contribution >= 0.6 is 11.3 Å². The van der Waals surface area contributed by atoms with Gasteiger partial charge in [-0.25, -0.2) is 4.98 Å². The second-order valence-electron chi connectivity index (χ2n) is 3.77. The summed E-state index contributed by atoms with van der Waals surface area (Å²) in [7, 11) is 0. The lowest BCUT2D eigenvalue weighted by molar-refractivity contribution is 1.17. The van der Waals surface area contributed by atoms with Gasteiger partial charge < -0.3 is 5.73 Å². The van der Waals surface area contributed by atoms with Crippen LogP contribution in [0, 0.1) is 13.8 Å². The van der Waals surface area contributed by atoms with Gasteiger partial charge in [0.05, 0.1) is 0 Å². The summed E-state index contributed by atoms with van der Waals surface area (Å²) in [5.41, 5.74) is 9.59. The molecular formula is C12H14N2S. The van der Waals surface area contributed by atoms with Crippen LogP contribution in [0.1, 0.15) is 21.6 Å². The number of benzene rings is 1. The van der Waals surface area contributed by atoms with E-state index in [0.29, 0.717) is 5.13 Å². The van der Waals surface area contributed by atoms with Crippen LogP contribution in [-0.2, 0) is 6.42 Å². The van der Waals surface area contributed by atoms with Crippen LogP contribution in [0.3, 0.4) is 0 Å². The molecule has 0 saturated heterocycles. The van der Waals surface area contributed by atoms with Gasteiger partial charge in [0.15, 0.2) is 5.13 Å². The van der Waals surface area contributed by atoms with Gasteiger partial charge >= 0.3 is 0 Å². The summed E-state index contributed by atoms with van der Waals surface area (Å²) >= 11 is 1.56. The van der Waals surface area contributed by atoms with Gasteiger partial charge in [0.2, 0.25) is 0 Å². The number of rotatable bonds is 2. The molecule has 0 atom stereocenters. The van der Waals surface area contributed by atoms with Crippen LogP contribution in [0.2, 0.25) is 0 Å². The van der Waals surface area contributed by atoms with Gasteiger partial charge in [-0.1, -0.05) is 23.8 Å². The summed E-state index contributed by atoms with van der Waals surface area (Å²) < 4.78 is 0. The first-order chi connectivity index (χ1) is 7.15. The maximum Gasteiger partial charge on any atom is 0.180 e. The second-order valence-corrected chi connectivity index (χ2v) is 4.92. The highest BCUT2D eigenvalue weighted by atomic mass is 32.1. The van der Waals surface area contributed by atoms with E-state index < -0.39 is 0 Å². The number of nitrogens with zero attached hydrogens (tertiary/aromatic N) is 1. The van der Waals surface area contributed by atoms with E-state index in [4.69, 9.17) is 5.73 Å². The van der Waals surface area contributed by atoms with Crippen molar-refractivity contribution in [1.29, 1.82) is 0 Å². The van der Waals surface area contributed by atoms with E-state index in [1.165, 1.54) is 21.6 Å². The van der Waals surface area contributed by atoms with Crippen molar-refractivity contribution in [3.8, 4) is 0 Å². The minimum Gasteiger partial charge on any atom is -0.375 e. The standard InChI is InChI=1S/C12H14N2S/c1-8-3-4-10(9(2)5-8)6-11-7-14-12(13)15-11/h3-5,7H,6H2,1-2H3,(H2,13,14). The Balaban J connectivity index is 2.24. The molecule has 0 aliphatic heterocycles. The van der Waals surface area contributed by atoms with Crippen molar-refractivity contribution >= 4 is 16.5 Å². The first-order valence-electron chi connectivity index (χ1n) is 4.91. The topological polar surface area (TPSA) is 38.9 Å². The molecule has 0 saturated carbocycles. The normalized spacial score (nSPS) is 10.5. The third-order valence-corrected chi connectivity index (χ3v) is 3.26. The van der Waals surface area contributed by atoms with Crippen molar-refractivity contribution in [2.45, 2.75) is 20.3 Å². The average molecular weight is 218 g/mol. The van der Waals surface area contributed by atoms with Crippen LogP contribution in [0.25, 0.3) is 0 Å². The fourth-order valence-corrected chi connectivity index (χ4v) is 2.34. The minimum atomic E-state index is 0.648. The molecular weight excluding hydrogens is 204 g/mol. The van der Waals surface area contributed by atoms with E-state index in [-0.39, 0.29) is 0 Å². The Labute approximate surface area is 93.8 Å². The lowest BCUT2D eigenvalue weighted by Crippen LogP contribution is -1.90. The zero-order valence-corrected chi connectivity index (χ0v) is 9.77. The van der Waals surface area contributed by atoms with E-state index in [1.54, 1.807) is 11.3 Å². The van der Waals surface area contributed by atoms with Gasteiger partial charge in [0.25, 0.3) is 0 Å². The monoisotopic (exact) mass is 218 g/mol. The molecule has 78 valence electrons. The third-order valence-electron chi connectivity index (χ3n) is 2.43. The summed E-state index contributed by atoms with van der Waals surface area (Å²) in [4.78, 5) is 5.28. The Kier molecular flexibility index (Phi) is 2.73. The number of anilines is 1. The number of aromatic nitrogens is 1. The average Bonchev–Trinajstić information content (AvgIpc) is 2.56. The van der Waals surface area contributed by atoms with E-state index in [1.807, 2.05) is 6.20 Å². The van der Waals surface area contributed by atoms with Crippen LogP contribution in [0.5, 0.6) is 0 Å². The van der Waals surface area contributed by atoms with Crippen LogP contribution < -0.4 is 5.73 Å². The molecule has 2 rings (SSSR count). The summed E-state index contributed by atoms with van der Waals surface area (Å²) in [6.07, 6.45) is 2.79. The number of nitrogen functional groups attached to an aromatic ring is 1. The molecule has 0 radical (unpaired) electrons. The van der Waals surface area contributed by atoms with Crippen molar-refractivity contribution < 1.29 is 0 Å². The fraction of sp³-hybridized carbons (Fsp3) is 0.250. The van der Waals surface area contributed by atoms with Gasteiger partial charge in [-0.05, 0) is 25.0 Å². The Morgan fingerprint density at radius 3 is 2.73 bits per heavy atom. The molecule has 1 aromatic carbocycles. The van der Waals surface area contributed by atoms with Crippen LogP contribution in [0.15, 0.2) is 24.4 Å². The summed E-state index contributed by atoms with van der Waals surface area (Å²) in [5.74, 6) is 0. The molecule has 2 aromatic rings. The molecule has 0 unspecified atom stereocenters. The molecule has 1 heterocycles. The molecule has 1 aromatic heterocycles. The Morgan fingerprint density at radius 1 is 1.33 bits per heavy atom. The molecule has 15 heavy (non-hydrogen) atoms. The molecule has 0 bridgehead atoms. The largest absolute Gasteiger partial charge is 0.375 e. The first-order valence-corrected chi connectivity index (χ1v) is 5.73. The summed E-state index contributed by atoms with van der Waals surface area (Å²) in [6, 6.07) is 6.53. The Hall–Kier alpha value is -1.35. The number of hydrogen-bond donors (Lipinski definition) is 1. The second kappa shape index (κ2) is 4.03. The molecule has 0 aliphatic carbocycles. The van der Waals surface area contributed by atoms with Crippen LogP contribution in [-0.4, -0.2) is 4.98 Å². The van der Waals surface area contributed by atoms with Crippen molar-refractivity contribution in [2.24, 2.45) is 0 Å². The van der Waals surface area contributed by atoms with Crippen molar-refractivity contribution in [3.05, 3.63) is 46.0 Å². The van der Waals surface area contributed by atoms with Gasteiger partial charge in [-0.15, -0.1) is 11.3 Å². The summed E-state index contributed by atoms with van der Waals surface area (Å²) in [5, 5.41) is 0.648. The number of hydrogen-bond acceptors (Lipinski definition) is 3. The quantitative estimate of drug-likeness (QED) is 0.841. The molecule has 2 N–H and O–H groups in total. The number of nitrogens with two attached hydrogens (primary N) is 1. The van der Waals surface area contributed by atoms with Crippen molar-refractivity contribution in [2.75, 3.05) is 5.73 Å². The lowest BCUT2D eigenvalue weighted by Gasteiger charge is -2.04. The lowest BCUT2D eigenvalue weighted by atomic mass is 10.0. The predicted molar refractivity (Wildman–Crippen MR) is 65.2 cm³/mol. The SMILES string of the molecule is Cc1ccc(Cc2cnc(N)s2)c(C)c1. The van der Waals surface area contributed by atoms with Gasteiger partial charge in [0, 0.05) is 17.5 Å². The number of aryl methyl sites for hydroxylation is 2. The molecule has 3 heteroatoms. The van der Waals surface area contributed by atoms with E-state index in [0.717, 1.165) is 6.42 Å². The highest BCUT2D eigenvalue weighted by molar-refractivity contribution is 7.15. The highest BCUT2D eigenvalue weighted by Gasteiger charge is 2.03. The van der Waals surface area contributed by atoms with Crippen molar-refractivity contribution in [3.63, 3.8) is 0 Å². The highest BCUT2D eigenvalue weighted by Crippen LogP contribution is 2.20.